The fraction of sp³-hybridized carbons (Fsp3) is 0.227. The number of thiazole rings is 1. The van der Waals surface area contributed by atoms with Crippen LogP contribution in [0.2, 0.25) is 0 Å². The minimum Gasteiger partial charge on any atom is -0.356 e. The van der Waals surface area contributed by atoms with Gasteiger partial charge in [0.1, 0.15) is 0 Å². The Bertz CT molecular complexity index is 1110. The summed E-state index contributed by atoms with van der Waals surface area (Å²) in [5, 5.41) is 10.0. The average molecular weight is 420 g/mol. The van der Waals surface area contributed by atoms with E-state index in [1.165, 1.54) is 5.56 Å². The summed E-state index contributed by atoms with van der Waals surface area (Å²) in [6.45, 7) is 2.59. The molecule has 4 rings (SSSR count). The van der Waals surface area contributed by atoms with Crippen LogP contribution in [0, 0.1) is 6.92 Å². The van der Waals surface area contributed by atoms with Crippen molar-refractivity contribution in [1.29, 1.82) is 0 Å². The van der Waals surface area contributed by atoms with Crippen molar-refractivity contribution in [2.45, 2.75) is 26.2 Å². The smallest absolute Gasteiger partial charge is 0.227 e. The van der Waals surface area contributed by atoms with Crippen LogP contribution in [0.15, 0.2) is 58.7 Å². The number of amides is 1. The lowest BCUT2D eigenvalue weighted by Gasteiger charge is -2.05. The molecule has 3 aromatic heterocycles. The fourth-order valence-corrected chi connectivity index (χ4v) is 3.59. The number of carbonyl (C=O) groups is 1. The largest absolute Gasteiger partial charge is 0.356 e. The molecule has 0 aliphatic rings. The summed E-state index contributed by atoms with van der Waals surface area (Å²) in [5.41, 5.74) is 4.12. The molecule has 0 bridgehead atoms. The zero-order valence-corrected chi connectivity index (χ0v) is 17.4. The van der Waals surface area contributed by atoms with Gasteiger partial charge in [-0.1, -0.05) is 29.4 Å². The topological polar surface area (TPSA) is 93.8 Å². The summed E-state index contributed by atoms with van der Waals surface area (Å²) in [4.78, 5) is 24.9. The summed E-state index contributed by atoms with van der Waals surface area (Å²) in [6, 6.07) is 11.9. The second kappa shape index (κ2) is 9.41. The molecule has 0 aliphatic carbocycles. The van der Waals surface area contributed by atoms with Crippen LogP contribution in [0.4, 0.5) is 0 Å². The van der Waals surface area contributed by atoms with E-state index in [2.05, 4.69) is 55.1 Å². The fourth-order valence-electron chi connectivity index (χ4n) is 2.97. The first-order valence-corrected chi connectivity index (χ1v) is 10.6. The van der Waals surface area contributed by atoms with Crippen LogP contribution in [0.5, 0.6) is 0 Å². The molecular weight excluding hydrogens is 398 g/mol. The number of aromatic nitrogens is 4. The summed E-state index contributed by atoms with van der Waals surface area (Å²) in [6.07, 6.45) is 4.83. The highest BCUT2D eigenvalue weighted by Crippen LogP contribution is 2.22. The molecule has 1 N–H and O–H groups in total. The Morgan fingerprint density at radius 2 is 1.83 bits per heavy atom. The number of benzene rings is 1. The molecule has 8 heteroatoms. The van der Waals surface area contributed by atoms with Gasteiger partial charge >= 0.3 is 0 Å². The van der Waals surface area contributed by atoms with Crippen molar-refractivity contribution in [1.82, 2.24) is 25.4 Å². The number of nitrogens with one attached hydrogen (secondary N) is 1. The van der Waals surface area contributed by atoms with Gasteiger partial charge in [-0.2, -0.15) is 4.98 Å². The lowest BCUT2D eigenvalue weighted by Crippen LogP contribution is -2.25. The summed E-state index contributed by atoms with van der Waals surface area (Å²) in [5.74, 6) is 0.919. The van der Waals surface area contributed by atoms with Crippen molar-refractivity contribution in [3.63, 3.8) is 0 Å². The molecule has 7 nitrogen and oxygen atoms in total. The number of nitrogens with zero attached hydrogens (tertiary/aromatic N) is 4. The van der Waals surface area contributed by atoms with Gasteiger partial charge in [0.15, 0.2) is 0 Å². The Labute approximate surface area is 178 Å². The lowest BCUT2D eigenvalue weighted by molar-refractivity contribution is -0.121. The molecule has 152 valence electrons. The highest BCUT2D eigenvalue weighted by molar-refractivity contribution is 7.09. The molecule has 4 aromatic rings. The minimum absolute atomic E-state index is 0.0340. The highest BCUT2D eigenvalue weighted by Gasteiger charge is 2.10. The zero-order valence-electron chi connectivity index (χ0n) is 16.5. The number of hydrogen-bond acceptors (Lipinski definition) is 7. The van der Waals surface area contributed by atoms with E-state index < -0.39 is 0 Å². The highest BCUT2D eigenvalue weighted by atomic mass is 32.1. The van der Waals surface area contributed by atoms with Crippen molar-refractivity contribution >= 4 is 17.2 Å². The molecule has 30 heavy (non-hydrogen) atoms. The number of rotatable bonds is 8. The molecule has 0 unspecified atom stereocenters. The predicted octanol–water partition coefficient (Wildman–Crippen LogP) is 3.86. The third kappa shape index (κ3) is 5.15. The van der Waals surface area contributed by atoms with E-state index in [1.54, 1.807) is 23.7 Å². The van der Waals surface area contributed by atoms with Crippen LogP contribution in [0.1, 0.15) is 22.9 Å². The average Bonchev–Trinajstić information content (AvgIpc) is 3.43. The van der Waals surface area contributed by atoms with Crippen molar-refractivity contribution < 1.29 is 9.32 Å². The molecule has 0 fully saturated rings. The molecule has 3 heterocycles. The van der Waals surface area contributed by atoms with E-state index in [4.69, 9.17) is 4.52 Å². The van der Waals surface area contributed by atoms with Gasteiger partial charge in [0.2, 0.25) is 17.6 Å². The first-order valence-electron chi connectivity index (χ1n) is 9.68. The maximum absolute atomic E-state index is 12.1. The van der Waals surface area contributed by atoms with Gasteiger partial charge in [-0.05, 0) is 31.0 Å². The molecule has 0 atom stereocenters. The maximum Gasteiger partial charge on any atom is 0.227 e. The van der Waals surface area contributed by atoms with Gasteiger partial charge in [-0.25, -0.2) is 4.98 Å². The summed E-state index contributed by atoms with van der Waals surface area (Å²) >= 11 is 1.65. The van der Waals surface area contributed by atoms with E-state index in [0.29, 0.717) is 31.1 Å². The Kier molecular flexibility index (Phi) is 6.24. The Balaban J connectivity index is 1.20. The minimum atomic E-state index is -0.0340. The predicted molar refractivity (Wildman–Crippen MR) is 115 cm³/mol. The van der Waals surface area contributed by atoms with Crippen LogP contribution in [-0.2, 0) is 17.6 Å². The molecule has 0 radical (unpaired) electrons. The second-order valence-corrected chi connectivity index (χ2v) is 7.86. The Hall–Kier alpha value is -3.39. The molecular formula is C22H21N5O2S. The SMILES string of the molecule is Cc1nc(-c2ccc(CCNC(=O)CCc3nc(-c4ccncc4)no3)cc2)cs1. The zero-order chi connectivity index (χ0) is 20.8. The van der Waals surface area contributed by atoms with E-state index in [-0.39, 0.29) is 5.91 Å². The van der Waals surface area contributed by atoms with Gasteiger partial charge in [0.25, 0.3) is 0 Å². The molecule has 0 aliphatic heterocycles. The monoisotopic (exact) mass is 419 g/mol. The van der Waals surface area contributed by atoms with Crippen molar-refractivity contribution in [3.8, 4) is 22.6 Å². The van der Waals surface area contributed by atoms with E-state index in [1.807, 2.05) is 19.1 Å². The van der Waals surface area contributed by atoms with Crippen LogP contribution in [0.25, 0.3) is 22.6 Å². The molecule has 1 amide bonds. The van der Waals surface area contributed by atoms with Gasteiger partial charge in [0, 0.05) is 48.3 Å². The quantitative estimate of drug-likeness (QED) is 0.466. The number of aryl methyl sites for hydroxylation is 2. The summed E-state index contributed by atoms with van der Waals surface area (Å²) in [7, 11) is 0. The van der Waals surface area contributed by atoms with Crippen LogP contribution in [0.3, 0.4) is 0 Å². The molecule has 0 saturated carbocycles. The molecule has 0 saturated heterocycles. The van der Waals surface area contributed by atoms with Gasteiger partial charge in [-0.3, -0.25) is 9.78 Å². The summed E-state index contributed by atoms with van der Waals surface area (Å²) < 4.78 is 5.23. The van der Waals surface area contributed by atoms with Crippen molar-refractivity contribution in [2.75, 3.05) is 6.54 Å². The Morgan fingerprint density at radius 1 is 1.03 bits per heavy atom. The first kappa shape index (κ1) is 19.9. The lowest BCUT2D eigenvalue weighted by atomic mass is 10.1. The second-order valence-electron chi connectivity index (χ2n) is 6.80. The number of carbonyl (C=O) groups excluding carboxylic acids is 1. The third-order valence-electron chi connectivity index (χ3n) is 4.58. The van der Waals surface area contributed by atoms with Crippen LogP contribution >= 0.6 is 11.3 Å². The Morgan fingerprint density at radius 3 is 2.57 bits per heavy atom. The number of pyridine rings is 1. The van der Waals surface area contributed by atoms with E-state index >= 15 is 0 Å². The molecule has 0 spiro atoms. The molecule has 1 aromatic carbocycles. The third-order valence-corrected chi connectivity index (χ3v) is 5.35. The van der Waals surface area contributed by atoms with Crippen molar-refractivity contribution in [3.05, 3.63) is 70.6 Å². The van der Waals surface area contributed by atoms with Gasteiger partial charge < -0.3 is 9.84 Å². The first-order chi connectivity index (χ1) is 14.7. The van der Waals surface area contributed by atoms with Crippen molar-refractivity contribution in [2.24, 2.45) is 0 Å². The van der Waals surface area contributed by atoms with Crippen LogP contribution in [-0.4, -0.2) is 32.6 Å². The number of hydrogen-bond donors (Lipinski definition) is 1. The maximum atomic E-state index is 12.1. The van der Waals surface area contributed by atoms with Crippen LogP contribution < -0.4 is 5.32 Å². The normalized spacial score (nSPS) is 10.8. The van der Waals surface area contributed by atoms with E-state index in [9.17, 15) is 4.79 Å². The van der Waals surface area contributed by atoms with Gasteiger partial charge in [-0.15, -0.1) is 11.3 Å². The van der Waals surface area contributed by atoms with Gasteiger partial charge in [0.05, 0.1) is 10.7 Å². The standard InChI is InChI=1S/C22H21N5O2S/c1-15-25-19(14-30-15)17-4-2-16(3-5-17)8-13-24-20(28)6-7-21-26-22(27-29-21)18-9-11-23-12-10-18/h2-5,9-12,14H,6-8,13H2,1H3,(H,24,28). The van der Waals surface area contributed by atoms with E-state index in [0.717, 1.165) is 28.2 Å².